The first-order valence-electron chi connectivity index (χ1n) is 6.20. The average Bonchev–Trinajstić information content (AvgIpc) is 2.33. The third-order valence-electron chi connectivity index (χ3n) is 2.90. The molecule has 0 bridgehead atoms. The molecule has 1 atom stereocenters. The maximum atomic E-state index is 12.0. The highest BCUT2D eigenvalue weighted by Gasteiger charge is 2.20. The van der Waals surface area contributed by atoms with Gasteiger partial charge in [-0.15, -0.1) is 0 Å². The van der Waals surface area contributed by atoms with Crippen molar-refractivity contribution < 1.29 is 14.7 Å². The van der Waals surface area contributed by atoms with Crippen LogP contribution in [0.4, 0.5) is 10.5 Å². The molecular weight excluding hydrogens is 244 g/mol. The molecule has 0 saturated heterocycles. The Kier molecular flexibility index (Phi) is 4.92. The number of nitrogens with one attached hydrogen (secondary N) is 1. The van der Waals surface area contributed by atoms with Gasteiger partial charge in [-0.05, 0) is 43.5 Å². The Morgan fingerprint density at radius 3 is 2.21 bits per heavy atom. The normalized spacial score (nSPS) is 11.8. The molecule has 0 saturated carbocycles. The van der Waals surface area contributed by atoms with Gasteiger partial charge in [-0.25, -0.2) is 9.59 Å². The highest BCUT2D eigenvalue weighted by Crippen LogP contribution is 2.17. The second-order valence-corrected chi connectivity index (χ2v) is 4.65. The van der Waals surface area contributed by atoms with Crippen LogP contribution < -0.4 is 10.2 Å². The highest BCUT2D eigenvalue weighted by atomic mass is 16.4. The van der Waals surface area contributed by atoms with E-state index in [9.17, 15) is 9.59 Å². The number of amides is 2. The van der Waals surface area contributed by atoms with E-state index in [4.69, 9.17) is 5.11 Å². The van der Waals surface area contributed by atoms with Gasteiger partial charge in [-0.2, -0.15) is 0 Å². The van der Waals surface area contributed by atoms with Crippen LogP contribution in [0.2, 0.25) is 0 Å². The van der Waals surface area contributed by atoms with E-state index in [1.807, 2.05) is 32.0 Å². The Bertz CT molecular complexity index is 465. The number of hydrogen-bond acceptors (Lipinski definition) is 2. The topological polar surface area (TPSA) is 69.6 Å². The van der Waals surface area contributed by atoms with Crippen LogP contribution in [0.25, 0.3) is 0 Å². The predicted molar refractivity (Wildman–Crippen MR) is 74.6 cm³/mol. The summed E-state index contributed by atoms with van der Waals surface area (Å²) in [5.74, 6) is -1.02. The summed E-state index contributed by atoms with van der Waals surface area (Å²) in [6, 6.07) is 4.50. The summed E-state index contributed by atoms with van der Waals surface area (Å²) in [7, 11) is 1.62. The van der Waals surface area contributed by atoms with Crippen molar-refractivity contribution in [3.05, 3.63) is 29.3 Å². The van der Waals surface area contributed by atoms with E-state index in [0.717, 1.165) is 16.8 Å². The second-order valence-electron chi connectivity index (χ2n) is 4.65. The number of carboxylic acids is 1. The molecule has 0 aromatic heterocycles. The molecule has 2 N–H and O–H groups in total. The molecule has 0 aliphatic heterocycles. The Balaban J connectivity index is 2.84. The molecule has 2 amide bonds. The van der Waals surface area contributed by atoms with Crippen LogP contribution >= 0.6 is 0 Å². The van der Waals surface area contributed by atoms with Crippen molar-refractivity contribution in [2.24, 2.45) is 0 Å². The minimum absolute atomic E-state index is 0.349. The Morgan fingerprint density at radius 2 is 1.79 bits per heavy atom. The van der Waals surface area contributed by atoms with Crippen LogP contribution in [0.15, 0.2) is 18.2 Å². The number of aryl methyl sites for hydroxylation is 2. The first kappa shape index (κ1) is 15.0. The Labute approximate surface area is 113 Å². The molecule has 0 spiro atoms. The molecular formula is C14H20N2O3. The van der Waals surface area contributed by atoms with Crippen LogP contribution in [0, 0.1) is 13.8 Å². The van der Waals surface area contributed by atoms with E-state index in [-0.39, 0.29) is 0 Å². The molecule has 1 aromatic carbocycles. The van der Waals surface area contributed by atoms with Gasteiger partial charge in [0.05, 0.1) is 0 Å². The molecule has 1 rings (SSSR count). The molecule has 0 unspecified atom stereocenters. The molecule has 19 heavy (non-hydrogen) atoms. The predicted octanol–water partition coefficient (Wildman–Crippen LogP) is 2.31. The molecule has 0 fully saturated rings. The first-order valence-corrected chi connectivity index (χ1v) is 6.20. The van der Waals surface area contributed by atoms with Crippen LogP contribution in [0.3, 0.4) is 0 Å². The van der Waals surface area contributed by atoms with E-state index in [1.165, 1.54) is 4.90 Å². The van der Waals surface area contributed by atoms with Crippen LogP contribution in [0.5, 0.6) is 0 Å². The maximum Gasteiger partial charge on any atom is 0.326 e. The van der Waals surface area contributed by atoms with Gasteiger partial charge >= 0.3 is 12.0 Å². The number of carbonyl (C=O) groups is 2. The third kappa shape index (κ3) is 3.98. The molecule has 0 aliphatic rings. The van der Waals surface area contributed by atoms with Gasteiger partial charge < -0.3 is 10.4 Å². The second kappa shape index (κ2) is 6.22. The van der Waals surface area contributed by atoms with Crippen LogP contribution in [-0.4, -0.2) is 30.2 Å². The lowest BCUT2D eigenvalue weighted by molar-refractivity contribution is -0.139. The number of carboxylic acid groups (broad SMARTS) is 1. The zero-order valence-electron chi connectivity index (χ0n) is 11.7. The van der Waals surface area contributed by atoms with Crippen LogP contribution in [-0.2, 0) is 4.79 Å². The van der Waals surface area contributed by atoms with Crippen molar-refractivity contribution in [3.63, 3.8) is 0 Å². The zero-order valence-corrected chi connectivity index (χ0v) is 11.7. The summed E-state index contributed by atoms with van der Waals surface area (Å²) in [5.41, 5.74) is 2.86. The molecule has 1 aromatic rings. The van der Waals surface area contributed by atoms with E-state index < -0.39 is 18.0 Å². The van der Waals surface area contributed by atoms with Crippen molar-refractivity contribution in [1.29, 1.82) is 0 Å². The fourth-order valence-corrected chi connectivity index (χ4v) is 1.85. The molecule has 0 heterocycles. The number of aliphatic carboxylic acids is 1. The van der Waals surface area contributed by atoms with Gasteiger partial charge in [0, 0.05) is 12.7 Å². The fourth-order valence-electron chi connectivity index (χ4n) is 1.85. The largest absolute Gasteiger partial charge is 0.480 e. The SMILES string of the molecule is CC[C@@H](NC(=O)N(C)c1cc(C)cc(C)c1)C(=O)O. The summed E-state index contributed by atoms with van der Waals surface area (Å²) >= 11 is 0. The summed E-state index contributed by atoms with van der Waals surface area (Å²) in [6.45, 7) is 5.62. The van der Waals surface area contributed by atoms with E-state index >= 15 is 0 Å². The summed E-state index contributed by atoms with van der Waals surface area (Å²) in [6.07, 6.45) is 0.349. The van der Waals surface area contributed by atoms with Gasteiger partial charge in [0.15, 0.2) is 0 Å². The minimum atomic E-state index is -1.02. The summed E-state index contributed by atoms with van der Waals surface area (Å²) in [5, 5.41) is 11.4. The van der Waals surface area contributed by atoms with E-state index in [0.29, 0.717) is 6.42 Å². The molecule has 0 radical (unpaired) electrons. The van der Waals surface area contributed by atoms with Crippen molar-refractivity contribution in [2.75, 3.05) is 11.9 Å². The zero-order chi connectivity index (χ0) is 14.6. The monoisotopic (exact) mass is 264 g/mol. The number of rotatable bonds is 4. The number of carbonyl (C=O) groups excluding carboxylic acids is 1. The Hall–Kier alpha value is -2.04. The van der Waals surface area contributed by atoms with Gasteiger partial charge in [-0.3, -0.25) is 4.90 Å². The third-order valence-corrected chi connectivity index (χ3v) is 2.90. The lowest BCUT2D eigenvalue weighted by Crippen LogP contribution is -2.46. The molecule has 104 valence electrons. The smallest absolute Gasteiger partial charge is 0.326 e. The van der Waals surface area contributed by atoms with Gasteiger partial charge in [0.2, 0.25) is 0 Å². The number of urea groups is 1. The number of benzene rings is 1. The van der Waals surface area contributed by atoms with Crippen molar-refractivity contribution in [1.82, 2.24) is 5.32 Å². The molecule has 5 nitrogen and oxygen atoms in total. The molecule has 5 heteroatoms. The minimum Gasteiger partial charge on any atom is -0.480 e. The van der Waals surface area contributed by atoms with Crippen LogP contribution in [0.1, 0.15) is 24.5 Å². The van der Waals surface area contributed by atoms with Gasteiger partial charge in [0.25, 0.3) is 0 Å². The van der Waals surface area contributed by atoms with Gasteiger partial charge in [-0.1, -0.05) is 13.0 Å². The van der Waals surface area contributed by atoms with Gasteiger partial charge in [0.1, 0.15) is 6.04 Å². The Morgan fingerprint density at radius 1 is 1.26 bits per heavy atom. The summed E-state index contributed by atoms with van der Waals surface area (Å²) < 4.78 is 0. The number of anilines is 1. The van der Waals surface area contributed by atoms with E-state index in [2.05, 4.69) is 5.32 Å². The van der Waals surface area contributed by atoms with E-state index in [1.54, 1.807) is 14.0 Å². The summed E-state index contributed by atoms with van der Waals surface area (Å²) in [4.78, 5) is 24.3. The maximum absolute atomic E-state index is 12.0. The average molecular weight is 264 g/mol. The highest BCUT2D eigenvalue weighted by molar-refractivity contribution is 5.94. The standard InChI is InChI=1S/C14H20N2O3/c1-5-12(13(17)18)15-14(19)16(4)11-7-9(2)6-10(3)8-11/h6-8,12H,5H2,1-4H3,(H,15,19)(H,17,18)/t12-/m1/s1. The van der Waals surface area contributed by atoms with Crippen molar-refractivity contribution >= 4 is 17.7 Å². The van der Waals surface area contributed by atoms with Crippen molar-refractivity contribution in [2.45, 2.75) is 33.2 Å². The quantitative estimate of drug-likeness (QED) is 0.876. The lowest BCUT2D eigenvalue weighted by atomic mass is 10.1. The fraction of sp³-hybridized carbons (Fsp3) is 0.429. The first-order chi connectivity index (χ1) is 8.85. The number of nitrogens with zero attached hydrogens (tertiary/aromatic N) is 1. The van der Waals surface area contributed by atoms with Crippen molar-refractivity contribution in [3.8, 4) is 0 Å². The lowest BCUT2D eigenvalue weighted by Gasteiger charge is -2.21. The molecule has 0 aliphatic carbocycles. The number of hydrogen-bond donors (Lipinski definition) is 2.